The van der Waals surface area contributed by atoms with Crippen molar-refractivity contribution < 1.29 is 22.8 Å². The number of ether oxygens (including phenoxy) is 1. The maximum atomic E-state index is 12.8. The van der Waals surface area contributed by atoms with Gasteiger partial charge in [0.25, 0.3) is 5.91 Å². The topological polar surface area (TPSA) is 80.2 Å². The summed E-state index contributed by atoms with van der Waals surface area (Å²) in [5.74, 6) is -0.196. The van der Waals surface area contributed by atoms with Gasteiger partial charge in [-0.3, -0.25) is 4.79 Å². The first-order chi connectivity index (χ1) is 13.0. The second-order valence-corrected chi connectivity index (χ2v) is 9.23. The first-order valence-electron chi connectivity index (χ1n) is 9.83. The number of nitrogens with zero attached hydrogens (tertiary/aromatic N) is 1. The molecule has 0 bridgehead atoms. The molecule has 27 heavy (non-hydrogen) atoms. The number of amides is 1. The Labute approximate surface area is 161 Å². The molecule has 2 fully saturated rings. The van der Waals surface area contributed by atoms with Crippen LogP contribution in [0.2, 0.25) is 0 Å². The largest absolute Gasteiger partial charge is 0.379 e. The van der Waals surface area contributed by atoms with Crippen LogP contribution in [0.5, 0.6) is 0 Å². The van der Waals surface area contributed by atoms with E-state index in [1.54, 1.807) is 23.1 Å². The Bertz CT molecular complexity index is 739. The number of sulfonamides is 1. The molecule has 2 N–H and O–H groups in total. The Morgan fingerprint density at radius 3 is 2.63 bits per heavy atom. The molecule has 0 unspecified atom stereocenters. The van der Waals surface area contributed by atoms with Crippen LogP contribution < -0.4 is 10.2 Å². The molecule has 2 saturated heterocycles. The van der Waals surface area contributed by atoms with Crippen molar-refractivity contribution in [2.24, 2.45) is 0 Å². The summed E-state index contributed by atoms with van der Waals surface area (Å²) in [6.07, 6.45) is 3.11. The highest BCUT2D eigenvalue weighted by atomic mass is 32.2. The summed E-state index contributed by atoms with van der Waals surface area (Å²) >= 11 is 0. The van der Waals surface area contributed by atoms with Crippen LogP contribution in [0.15, 0.2) is 29.2 Å². The zero-order chi connectivity index (χ0) is 19.3. The summed E-state index contributed by atoms with van der Waals surface area (Å²) in [5.41, 5.74) is 0.396. The molecule has 3 rings (SSSR count). The average molecular weight is 397 g/mol. The first kappa shape index (κ1) is 20.3. The molecule has 2 heterocycles. The van der Waals surface area contributed by atoms with E-state index in [4.69, 9.17) is 4.74 Å². The number of carbonyl (C=O) groups excluding carboxylic acids is 1. The van der Waals surface area contributed by atoms with Crippen molar-refractivity contribution in [2.75, 3.05) is 45.9 Å². The third kappa shape index (κ3) is 5.07. The van der Waals surface area contributed by atoms with E-state index in [0.717, 1.165) is 25.9 Å². The van der Waals surface area contributed by atoms with Crippen molar-refractivity contribution >= 4 is 15.9 Å². The molecular weight excluding hydrogens is 366 g/mol. The van der Waals surface area contributed by atoms with E-state index in [0.29, 0.717) is 31.9 Å². The van der Waals surface area contributed by atoms with Gasteiger partial charge < -0.3 is 15.0 Å². The maximum Gasteiger partial charge on any atom is 0.251 e. The highest BCUT2D eigenvalue weighted by molar-refractivity contribution is 7.89. The highest BCUT2D eigenvalue weighted by Crippen LogP contribution is 2.18. The van der Waals surface area contributed by atoms with Gasteiger partial charge in [0.2, 0.25) is 10.0 Å². The minimum absolute atomic E-state index is 0.164. The number of benzene rings is 1. The Morgan fingerprint density at radius 2 is 1.96 bits per heavy atom. The number of carbonyl (C=O) groups is 1. The lowest BCUT2D eigenvalue weighted by molar-refractivity contribution is -0.905. The van der Waals surface area contributed by atoms with Crippen molar-refractivity contribution in [3.05, 3.63) is 29.8 Å². The van der Waals surface area contributed by atoms with Gasteiger partial charge in [-0.25, -0.2) is 8.42 Å². The molecule has 0 aromatic heterocycles. The molecule has 1 aromatic carbocycles. The molecule has 1 amide bonds. The fourth-order valence-corrected chi connectivity index (χ4v) is 5.23. The van der Waals surface area contributed by atoms with Crippen LogP contribution in [0.25, 0.3) is 0 Å². The first-order valence-corrected chi connectivity index (χ1v) is 11.3. The molecule has 1 aromatic rings. The molecule has 150 valence electrons. The van der Waals surface area contributed by atoms with Gasteiger partial charge in [-0.1, -0.05) is 13.0 Å². The summed E-state index contributed by atoms with van der Waals surface area (Å²) in [6.45, 7) is 7.01. The lowest BCUT2D eigenvalue weighted by Crippen LogP contribution is -3.13. The maximum absolute atomic E-state index is 12.8. The molecule has 0 radical (unpaired) electrons. The summed E-state index contributed by atoms with van der Waals surface area (Å²) in [6, 6.07) is 6.50. The molecule has 2 aliphatic heterocycles. The van der Waals surface area contributed by atoms with Crippen LogP contribution in [-0.2, 0) is 14.8 Å². The van der Waals surface area contributed by atoms with E-state index >= 15 is 0 Å². The lowest BCUT2D eigenvalue weighted by atomic mass is 10.0. The van der Waals surface area contributed by atoms with Gasteiger partial charge in [0.05, 0.1) is 37.7 Å². The molecular formula is C19H30N3O4S+. The average Bonchev–Trinajstić information content (AvgIpc) is 2.70. The Morgan fingerprint density at radius 1 is 1.26 bits per heavy atom. The van der Waals surface area contributed by atoms with Gasteiger partial charge >= 0.3 is 0 Å². The number of rotatable bonds is 6. The standard InChI is InChI=1S/C19H29N3O4S/c1-2-8-21-9-6-17(7-10-21)20-19(23)16-4-3-5-18(15-16)27(24,25)22-11-13-26-14-12-22/h3-5,15,17H,2,6-14H2,1H3,(H,20,23)/p+1. The Kier molecular flexibility index (Phi) is 6.86. The summed E-state index contributed by atoms with van der Waals surface area (Å²) in [7, 11) is -3.59. The lowest BCUT2D eigenvalue weighted by Gasteiger charge is -2.29. The van der Waals surface area contributed by atoms with Gasteiger partial charge in [-0.05, 0) is 24.6 Å². The van der Waals surface area contributed by atoms with E-state index in [-0.39, 0.29) is 16.8 Å². The van der Waals surface area contributed by atoms with Crippen molar-refractivity contribution in [1.82, 2.24) is 9.62 Å². The van der Waals surface area contributed by atoms with Crippen LogP contribution in [-0.4, -0.2) is 70.6 Å². The molecule has 0 aliphatic carbocycles. The van der Waals surface area contributed by atoms with Gasteiger partial charge in [-0.2, -0.15) is 4.31 Å². The van der Waals surface area contributed by atoms with Crippen molar-refractivity contribution in [3.8, 4) is 0 Å². The minimum Gasteiger partial charge on any atom is -0.379 e. The third-order valence-corrected chi connectivity index (χ3v) is 7.23. The zero-order valence-electron chi connectivity index (χ0n) is 15.9. The van der Waals surface area contributed by atoms with Crippen LogP contribution in [0.3, 0.4) is 0 Å². The van der Waals surface area contributed by atoms with Crippen LogP contribution in [0.1, 0.15) is 36.5 Å². The van der Waals surface area contributed by atoms with Crippen LogP contribution in [0, 0.1) is 0 Å². The summed E-state index contributed by atoms with van der Waals surface area (Å²) in [5, 5.41) is 3.08. The second-order valence-electron chi connectivity index (χ2n) is 7.29. The number of nitrogens with one attached hydrogen (secondary N) is 2. The van der Waals surface area contributed by atoms with Crippen LogP contribution in [0.4, 0.5) is 0 Å². The quantitative estimate of drug-likeness (QED) is 0.704. The fourth-order valence-electron chi connectivity index (χ4n) is 3.78. The SMILES string of the molecule is CCC[NH+]1CCC(NC(=O)c2cccc(S(=O)(=O)N3CCOCC3)c2)CC1. The molecule has 0 saturated carbocycles. The smallest absolute Gasteiger partial charge is 0.251 e. The van der Waals surface area contributed by atoms with Crippen molar-refractivity contribution in [3.63, 3.8) is 0 Å². The Balaban J connectivity index is 1.64. The molecule has 0 atom stereocenters. The highest BCUT2D eigenvalue weighted by Gasteiger charge is 2.27. The summed E-state index contributed by atoms with van der Waals surface area (Å²) in [4.78, 5) is 14.4. The third-order valence-electron chi connectivity index (χ3n) is 5.34. The number of piperidine rings is 1. The van der Waals surface area contributed by atoms with E-state index < -0.39 is 10.0 Å². The molecule has 2 aliphatic rings. The van der Waals surface area contributed by atoms with Gasteiger partial charge in [-0.15, -0.1) is 0 Å². The number of morpholine rings is 1. The number of hydrogen-bond donors (Lipinski definition) is 2. The van der Waals surface area contributed by atoms with E-state index in [2.05, 4.69) is 12.2 Å². The predicted molar refractivity (Wildman–Crippen MR) is 102 cm³/mol. The van der Waals surface area contributed by atoms with Gasteiger partial charge in [0, 0.05) is 37.5 Å². The Hall–Kier alpha value is -1.48. The van der Waals surface area contributed by atoms with E-state index in [1.165, 1.54) is 23.3 Å². The molecule has 7 nitrogen and oxygen atoms in total. The minimum atomic E-state index is -3.59. The summed E-state index contributed by atoms with van der Waals surface area (Å²) < 4.78 is 32.2. The predicted octanol–water partition coefficient (Wildman–Crippen LogP) is -0.105. The number of likely N-dealkylation sites (tertiary alicyclic amines) is 1. The van der Waals surface area contributed by atoms with Gasteiger partial charge in [0.1, 0.15) is 0 Å². The normalized spacial score (nSPS) is 24.5. The van der Waals surface area contributed by atoms with Gasteiger partial charge in [0.15, 0.2) is 0 Å². The number of hydrogen-bond acceptors (Lipinski definition) is 4. The van der Waals surface area contributed by atoms with Crippen molar-refractivity contribution in [1.29, 1.82) is 0 Å². The molecule has 8 heteroatoms. The van der Waals surface area contributed by atoms with E-state index in [9.17, 15) is 13.2 Å². The van der Waals surface area contributed by atoms with E-state index in [1.807, 2.05) is 0 Å². The zero-order valence-corrected chi connectivity index (χ0v) is 16.8. The van der Waals surface area contributed by atoms with Crippen molar-refractivity contribution in [2.45, 2.75) is 37.1 Å². The fraction of sp³-hybridized carbons (Fsp3) is 0.632. The van der Waals surface area contributed by atoms with Crippen LogP contribution >= 0.6 is 0 Å². The monoisotopic (exact) mass is 396 g/mol. The second kappa shape index (κ2) is 9.14. The molecule has 0 spiro atoms. The number of quaternary nitrogens is 1.